The Morgan fingerprint density at radius 3 is 2.14 bits per heavy atom. The molecular formula is C22H20O6. The van der Waals surface area contributed by atoms with Gasteiger partial charge in [-0.3, -0.25) is 19.2 Å². The van der Waals surface area contributed by atoms with Crippen LogP contribution in [0, 0.1) is 0 Å². The predicted octanol–water partition coefficient (Wildman–Crippen LogP) is 3.10. The topological polar surface area (TPSA) is 97.7 Å². The molecule has 0 saturated heterocycles. The standard InChI is InChI=1S/C22H20O6/c1-3-6-14-9-10-15(12-19(24)25)18(11-14)22(28-13(2)23)20(26)16-7-4-5-8-17(16)21(22)27/h4-5,7-11H,3,6,12H2,1-2H3,(H,24,25). The van der Waals surface area contributed by atoms with Gasteiger partial charge < -0.3 is 9.84 Å². The van der Waals surface area contributed by atoms with Gasteiger partial charge in [0.25, 0.3) is 5.60 Å². The van der Waals surface area contributed by atoms with Crippen molar-refractivity contribution in [1.29, 1.82) is 0 Å². The van der Waals surface area contributed by atoms with Crippen molar-refractivity contribution in [2.45, 2.75) is 38.7 Å². The minimum absolute atomic E-state index is 0.127. The van der Waals surface area contributed by atoms with Crippen molar-refractivity contribution < 1.29 is 29.0 Å². The maximum Gasteiger partial charge on any atom is 0.307 e. The van der Waals surface area contributed by atoms with Crippen LogP contribution in [-0.2, 0) is 32.8 Å². The quantitative estimate of drug-likeness (QED) is 0.611. The molecule has 144 valence electrons. The van der Waals surface area contributed by atoms with Gasteiger partial charge in [0.2, 0.25) is 11.6 Å². The van der Waals surface area contributed by atoms with E-state index in [1.807, 2.05) is 6.92 Å². The van der Waals surface area contributed by atoms with Gasteiger partial charge in [0.1, 0.15) is 0 Å². The first-order valence-electron chi connectivity index (χ1n) is 9.03. The van der Waals surface area contributed by atoms with E-state index in [4.69, 9.17) is 4.74 Å². The van der Waals surface area contributed by atoms with Crippen molar-refractivity contribution in [2.75, 3.05) is 0 Å². The Morgan fingerprint density at radius 2 is 1.64 bits per heavy atom. The summed E-state index contributed by atoms with van der Waals surface area (Å²) in [5.41, 5.74) is -0.642. The largest absolute Gasteiger partial charge is 0.481 e. The highest BCUT2D eigenvalue weighted by Gasteiger charge is 2.58. The van der Waals surface area contributed by atoms with Gasteiger partial charge in [0.15, 0.2) is 0 Å². The van der Waals surface area contributed by atoms with Crippen molar-refractivity contribution in [3.05, 3.63) is 70.3 Å². The zero-order chi connectivity index (χ0) is 20.5. The van der Waals surface area contributed by atoms with E-state index in [1.165, 1.54) is 12.1 Å². The second-order valence-electron chi connectivity index (χ2n) is 6.79. The zero-order valence-corrected chi connectivity index (χ0v) is 15.7. The number of fused-ring (bicyclic) bond motifs is 1. The van der Waals surface area contributed by atoms with Gasteiger partial charge in [0.05, 0.1) is 6.42 Å². The Kier molecular flexibility index (Phi) is 5.14. The van der Waals surface area contributed by atoms with Gasteiger partial charge in [-0.1, -0.05) is 55.8 Å². The van der Waals surface area contributed by atoms with Crippen LogP contribution in [0.4, 0.5) is 0 Å². The molecule has 0 aliphatic heterocycles. The number of hydrogen-bond acceptors (Lipinski definition) is 5. The van der Waals surface area contributed by atoms with Gasteiger partial charge in [-0.2, -0.15) is 0 Å². The van der Waals surface area contributed by atoms with E-state index in [0.29, 0.717) is 6.42 Å². The number of aliphatic carboxylic acids is 1. The molecule has 2 aromatic rings. The zero-order valence-electron chi connectivity index (χ0n) is 15.7. The normalized spacial score (nSPS) is 14.6. The van der Waals surface area contributed by atoms with Crippen molar-refractivity contribution in [3.8, 4) is 0 Å². The van der Waals surface area contributed by atoms with Crippen LogP contribution in [0.3, 0.4) is 0 Å². The van der Waals surface area contributed by atoms with Gasteiger partial charge in [0, 0.05) is 23.6 Å². The van der Waals surface area contributed by atoms with Crippen molar-refractivity contribution >= 4 is 23.5 Å². The fourth-order valence-electron chi connectivity index (χ4n) is 3.68. The highest BCUT2D eigenvalue weighted by Crippen LogP contribution is 2.42. The molecule has 3 rings (SSSR count). The number of carbonyl (C=O) groups is 4. The fraction of sp³-hybridized carbons (Fsp3) is 0.273. The molecule has 1 aliphatic rings. The Balaban J connectivity index is 2.31. The highest BCUT2D eigenvalue weighted by atomic mass is 16.6. The summed E-state index contributed by atoms with van der Waals surface area (Å²) >= 11 is 0. The molecule has 0 bridgehead atoms. The minimum Gasteiger partial charge on any atom is -0.481 e. The monoisotopic (exact) mass is 380 g/mol. The first-order chi connectivity index (χ1) is 13.3. The number of esters is 1. The lowest BCUT2D eigenvalue weighted by Gasteiger charge is -2.28. The molecule has 6 heteroatoms. The average Bonchev–Trinajstić information content (AvgIpc) is 2.85. The maximum absolute atomic E-state index is 13.3. The number of benzene rings is 2. The summed E-state index contributed by atoms with van der Waals surface area (Å²) in [5, 5.41) is 9.30. The number of Topliss-reactive ketones (excluding diaryl/α,β-unsaturated/α-hetero) is 2. The van der Waals surface area contributed by atoms with Gasteiger partial charge in [-0.05, 0) is 17.5 Å². The van der Waals surface area contributed by atoms with Crippen LogP contribution >= 0.6 is 0 Å². The molecule has 0 aromatic heterocycles. The van der Waals surface area contributed by atoms with Crippen LogP contribution in [0.1, 0.15) is 57.7 Å². The lowest BCUT2D eigenvalue weighted by atomic mass is 9.82. The van der Waals surface area contributed by atoms with Gasteiger partial charge >= 0.3 is 11.9 Å². The molecule has 0 heterocycles. The Morgan fingerprint density at radius 1 is 1.04 bits per heavy atom. The number of hydrogen-bond donors (Lipinski definition) is 1. The molecule has 2 aromatic carbocycles. The fourth-order valence-corrected chi connectivity index (χ4v) is 3.68. The van der Waals surface area contributed by atoms with Crippen LogP contribution in [0.15, 0.2) is 42.5 Å². The molecule has 1 N–H and O–H groups in total. The Hall–Kier alpha value is -3.28. The first-order valence-corrected chi connectivity index (χ1v) is 9.03. The lowest BCUT2D eigenvalue weighted by molar-refractivity contribution is -0.149. The molecule has 0 radical (unpaired) electrons. The van der Waals surface area contributed by atoms with Crippen LogP contribution < -0.4 is 0 Å². The molecule has 0 atom stereocenters. The predicted molar refractivity (Wildman–Crippen MR) is 100 cm³/mol. The molecule has 0 saturated carbocycles. The van der Waals surface area contributed by atoms with Crippen LogP contribution in [0.25, 0.3) is 0 Å². The maximum atomic E-state index is 13.3. The number of aryl methyl sites for hydroxylation is 1. The number of ether oxygens (including phenoxy) is 1. The SMILES string of the molecule is CCCc1ccc(CC(=O)O)c(C2(OC(C)=O)C(=O)c3ccccc3C2=O)c1. The van der Waals surface area contributed by atoms with Crippen molar-refractivity contribution in [2.24, 2.45) is 0 Å². The van der Waals surface area contributed by atoms with E-state index >= 15 is 0 Å². The minimum atomic E-state index is -2.19. The number of carbonyl (C=O) groups excluding carboxylic acids is 3. The van der Waals surface area contributed by atoms with Crippen LogP contribution in [0.2, 0.25) is 0 Å². The second-order valence-corrected chi connectivity index (χ2v) is 6.79. The second kappa shape index (κ2) is 7.38. The molecule has 1 aliphatic carbocycles. The van der Waals surface area contributed by atoms with E-state index in [0.717, 1.165) is 18.9 Å². The molecule has 6 nitrogen and oxygen atoms in total. The summed E-state index contributed by atoms with van der Waals surface area (Å²) < 4.78 is 5.42. The summed E-state index contributed by atoms with van der Waals surface area (Å²) in [6.07, 6.45) is 1.09. The lowest BCUT2D eigenvalue weighted by Crippen LogP contribution is -2.43. The van der Waals surface area contributed by atoms with Crippen LogP contribution in [0.5, 0.6) is 0 Å². The Bertz CT molecular complexity index is 953. The third-order valence-corrected chi connectivity index (χ3v) is 4.79. The van der Waals surface area contributed by atoms with E-state index in [9.17, 15) is 24.3 Å². The molecule has 0 unspecified atom stereocenters. The third kappa shape index (κ3) is 3.11. The van der Waals surface area contributed by atoms with Crippen LogP contribution in [-0.4, -0.2) is 28.6 Å². The molecule has 28 heavy (non-hydrogen) atoms. The summed E-state index contributed by atoms with van der Waals surface area (Å²) in [6, 6.07) is 11.2. The number of rotatable bonds is 6. The van der Waals surface area contributed by atoms with E-state index in [-0.39, 0.29) is 22.3 Å². The smallest absolute Gasteiger partial charge is 0.307 e. The summed E-state index contributed by atoms with van der Waals surface area (Å²) in [4.78, 5) is 50.0. The number of carboxylic acid groups (broad SMARTS) is 1. The Labute approximate surface area is 162 Å². The number of ketones is 2. The van der Waals surface area contributed by atoms with E-state index in [1.54, 1.807) is 30.3 Å². The summed E-state index contributed by atoms with van der Waals surface area (Å²) in [6.45, 7) is 3.10. The average molecular weight is 380 g/mol. The van der Waals surface area contributed by atoms with E-state index in [2.05, 4.69) is 0 Å². The van der Waals surface area contributed by atoms with Crippen molar-refractivity contribution in [3.63, 3.8) is 0 Å². The van der Waals surface area contributed by atoms with Gasteiger partial charge in [-0.25, -0.2) is 0 Å². The highest BCUT2D eigenvalue weighted by molar-refractivity contribution is 6.32. The molecule has 0 amide bonds. The van der Waals surface area contributed by atoms with E-state index < -0.39 is 35.5 Å². The summed E-state index contributed by atoms with van der Waals surface area (Å²) in [5.74, 6) is -3.21. The molecule has 0 spiro atoms. The number of carboxylic acids is 1. The van der Waals surface area contributed by atoms with Crippen molar-refractivity contribution in [1.82, 2.24) is 0 Å². The first kappa shape index (κ1) is 19.5. The molecule has 0 fully saturated rings. The third-order valence-electron chi connectivity index (χ3n) is 4.79. The summed E-state index contributed by atoms with van der Waals surface area (Å²) in [7, 11) is 0. The van der Waals surface area contributed by atoms with Gasteiger partial charge in [-0.15, -0.1) is 0 Å². The molecular weight excluding hydrogens is 360 g/mol.